The first-order valence-electron chi connectivity index (χ1n) is 2.50. The van der Waals surface area contributed by atoms with Crippen LogP contribution in [0.3, 0.4) is 0 Å². The third-order valence-electron chi connectivity index (χ3n) is 0.917. The van der Waals surface area contributed by atoms with Gasteiger partial charge in [-0.05, 0) is 0 Å². The first kappa shape index (κ1) is 12.8. The molecule has 10 heavy (non-hydrogen) atoms. The van der Waals surface area contributed by atoms with Crippen LogP contribution in [0.1, 0.15) is 0 Å². The molecule has 0 bridgehead atoms. The van der Waals surface area contributed by atoms with Crippen molar-refractivity contribution >= 4 is 0 Å². The summed E-state index contributed by atoms with van der Waals surface area (Å²) < 4.78 is 1.82. The van der Waals surface area contributed by atoms with Crippen molar-refractivity contribution in [2.24, 2.45) is 0 Å². The van der Waals surface area contributed by atoms with Crippen molar-refractivity contribution in [2.75, 3.05) is 6.61 Å². The van der Waals surface area contributed by atoms with Crippen LogP contribution >= 0.6 is 0 Å². The van der Waals surface area contributed by atoms with E-state index >= 15 is 0 Å². The van der Waals surface area contributed by atoms with Crippen molar-refractivity contribution in [3.63, 3.8) is 0 Å². The molecule has 5 heteroatoms. The molecule has 1 aromatic rings. The molecule has 4 nitrogen and oxygen atoms in total. The Bertz CT molecular complexity index is 143. The zero-order chi connectivity index (χ0) is 5.82. The first-order valence-corrected chi connectivity index (χ1v) is 2.50. The number of rotatable bonds is 2. The Kier molecular flexibility index (Phi) is 9.25. The van der Waals surface area contributed by atoms with E-state index in [1.165, 1.54) is 0 Å². The Morgan fingerprint density at radius 2 is 2.20 bits per heavy atom. The molecule has 0 fully saturated rings. The average Bonchev–Trinajstić information content (AvgIpc) is 2.19. The number of aliphatic hydroxyl groups excluding tert-OH is 1. The maximum Gasteiger partial charge on any atom is 1.00 e. The summed E-state index contributed by atoms with van der Waals surface area (Å²) in [6.07, 6.45) is 5.18. The second-order valence-corrected chi connectivity index (χ2v) is 1.52. The predicted octanol–water partition coefficient (Wildman–Crippen LogP) is -3.30. The Morgan fingerprint density at radius 1 is 1.50 bits per heavy atom. The molecular weight excluding hydrogens is 143 g/mol. The van der Waals surface area contributed by atoms with Gasteiger partial charge < -0.3 is 15.1 Å². The van der Waals surface area contributed by atoms with Crippen LogP contribution in [-0.4, -0.2) is 26.7 Å². The fraction of sp³-hybridized carbons (Fsp3) is 0.400. The van der Waals surface area contributed by atoms with Gasteiger partial charge in [0.2, 0.25) is 0 Å². The monoisotopic (exact) mass is 152 g/mol. The summed E-state index contributed by atoms with van der Waals surface area (Å²) in [5, 5.41) is 8.39. The largest absolute Gasteiger partial charge is 1.00 e. The molecule has 0 saturated heterocycles. The zero-order valence-corrected chi connectivity index (χ0v) is 7.94. The van der Waals surface area contributed by atoms with Crippen LogP contribution in [-0.2, 0) is 6.54 Å². The van der Waals surface area contributed by atoms with E-state index in [-0.39, 0.29) is 41.6 Å². The maximum atomic E-state index is 8.39. The van der Waals surface area contributed by atoms with Crippen molar-refractivity contribution in [1.29, 1.82) is 0 Å². The van der Waals surface area contributed by atoms with E-state index in [4.69, 9.17) is 5.11 Å². The molecule has 1 rings (SSSR count). The van der Waals surface area contributed by atoms with E-state index in [9.17, 15) is 0 Å². The van der Waals surface area contributed by atoms with E-state index in [2.05, 4.69) is 4.98 Å². The van der Waals surface area contributed by atoms with Gasteiger partial charge in [0.1, 0.15) is 0 Å². The van der Waals surface area contributed by atoms with Crippen molar-refractivity contribution in [2.45, 2.75) is 6.54 Å². The average molecular weight is 152 g/mol. The summed E-state index contributed by atoms with van der Waals surface area (Å²) >= 11 is 0. The Morgan fingerprint density at radius 3 is 2.60 bits per heavy atom. The summed E-state index contributed by atoms with van der Waals surface area (Å²) in [6.45, 7) is 0.816. The molecule has 0 spiro atoms. The summed E-state index contributed by atoms with van der Waals surface area (Å²) in [6, 6.07) is 0. The molecule has 1 heterocycles. The summed E-state index contributed by atoms with van der Waals surface area (Å²) in [7, 11) is 0. The van der Waals surface area contributed by atoms with Gasteiger partial charge in [-0.1, -0.05) is 0 Å². The number of hydrogen-bond donors (Lipinski definition) is 1. The number of aromatic nitrogens is 2. The third kappa shape index (κ3) is 4.03. The molecule has 0 radical (unpaired) electrons. The molecule has 0 unspecified atom stereocenters. The van der Waals surface area contributed by atoms with Gasteiger partial charge >= 0.3 is 29.6 Å². The Hall–Kier alpha value is 0.130. The van der Waals surface area contributed by atoms with Crippen LogP contribution < -0.4 is 29.6 Å². The van der Waals surface area contributed by atoms with Crippen molar-refractivity contribution in [3.05, 3.63) is 18.7 Å². The van der Waals surface area contributed by atoms with Crippen LogP contribution in [0.4, 0.5) is 0 Å². The molecule has 52 valence electrons. The van der Waals surface area contributed by atoms with Gasteiger partial charge in [-0.15, -0.1) is 0 Å². The second kappa shape index (κ2) is 7.24. The molecule has 0 aliphatic rings. The Balaban J connectivity index is 0. The maximum absolute atomic E-state index is 8.39. The van der Waals surface area contributed by atoms with Crippen molar-refractivity contribution < 1.29 is 40.1 Å². The van der Waals surface area contributed by atoms with Gasteiger partial charge in [-0.3, -0.25) is 0 Å². The topological polar surface area (TPSA) is 68.0 Å². The van der Waals surface area contributed by atoms with E-state index in [0.717, 1.165) is 0 Å². The number of imidazole rings is 1. The number of hydrogen-bond acceptors (Lipinski definition) is 3. The van der Waals surface area contributed by atoms with Gasteiger partial charge in [0.25, 0.3) is 0 Å². The molecule has 0 aliphatic carbocycles. The van der Waals surface area contributed by atoms with Crippen LogP contribution in [0.2, 0.25) is 0 Å². The smallest absolute Gasteiger partial charge is 0.870 e. The first-order chi connectivity index (χ1) is 3.93. The van der Waals surface area contributed by atoms with Crippen LogP contribution in [0.5, 0.6) is 0 Å². The van der Waals surface area contributed by atoms with E-state index in [1.54, 1.807) is 12.5 Å². The van der Waals surface area contributed by atoms with Crippen molar-refractivity contribution in [1.82, 2.24) is 9.55 Å². The molecule has 0 aromatic carbocycles. The van der Waals surface area contributed by atoms with E-state index in [0.29, 0.717) is 6.54 Å². The fourth-order valence-electron chi connectivity index (χ4n) is 0.534. The van der Waals surface area contributed by atoms with Gasteiger partial charge in [-0.2, -0.15) is 0 Å². The normalized spacial score (nSPS) is 7.70. The van der Waals surface area contributed by atoms with Crippen LogP contribution in [0.25, 0.3) is 0 Å². The number of nitrogens with zero attached hydrogens (tertiary/aromatic N) is 2. The van der Waals surface area contributed by atoms with E-state index < -0.39 is 0 Å². The molecule has 0 saturated carbocycles. The van der Waals surface area contributed by atoms with Crippen LogP contribution in [0.15, 0.2) is 18.7 Å². The van der Waals surface area contributed by atoms with Crippen molar-refractivity contribution in [3.8, 4) is 0 Å². The number of aliphatic hydroxyl groups is 1. The predicted molar refractivity (Wildman–Crippen MR) is 31.2 cm³/mol. The molecular formula is C5H9N2NaO2. The third-order valence-corrected chi connectivity index (χ3v) is 0.917. The van der Waals surface area contributed by atoms with E-state index in [1.807, 2.05) is 10.8 Å². The quantitative estimate of drug-likeness (QED) is 0.451. The Labute approximate surface area is 81.5 Å². The SMILES string of the molecule is OCCn1ccnc1.[Na+].[OH-]. The molecule has 1 aromatic heterocycles. The minimum Gasteiger partial charge on any atom is -0.870 e. The summed E-state index contributed by atoms with van der Waals surface area (Å²) in [5.41, 5.74) is 0. The minimum absolute atomic E-state index is 0. The minimum atomic E-state index is 0. The van der Waals surface area contributed by atoms with Gasteiger partial charge in [0.05, 0.1) is 12.9 Å². The molecule has 0 aliphatic heterocycles. The van der Waals surface area contributed by atoms with Crippen LogP contribution in [0, 0.1) is 0 Å². The summed E-state index contributed by atoms with van der Waals surface area (Å²) in [5.74, 6) is 0. The second-order valence-electron chi connectivity index (χ2n) is 1.52. The molecule has 0 atom stereocenters. The molecule has 0 amide bonds. The fourth-order valence-corrected chi connectivity index (χ4v) is 0.534. The van der Waals surface area contributed by atoms with Gasteiger partial charge in [0, 0.05) is 18.9 Å². The van der Waals surface area contributed by atoms with Gasteiger partial charge in [-0.25, -0.2) is 4.98 Å². The zero-order valence-electron chi connectivity index (χ0n) is 5.94. The molecule has 2 N–H and O–H groups in total. The van der Waals surface area contributed by atoms with Gasteiger partial charge in [0.15, 0.2) is 0 Å². The summed E-state index contributed by atoms with van der Waals surface area (Å²) in [4.78, 5) is 3.79. The standard InChI is InChI=1S/C5H8N2O.Na.H2O/c8-4-3-7-2-1-6-5-7;;/h1-2,5,8H,3-4H2;;1H2/q;+1;/p-1.